The fourth-order valence-corrected chi connectivity index (χ4v) is 1.37. The van der Waals surface area contributed by atoms with E-state index in [0.29, 0.717) is 10.4 Å². The summed E-state index contributed by atoms with van der Waals surface area (Å²) in [5, 5.41) is 11.6. The first-order valence-electron chi connectivity index (χ1n) is 4.45. The van der Waals surface area contributed by atoms with Gasteiger partial charge >= 0.3 is 0 Å². The van der Waals surface area contributed by atoms with Crippen molar-refractivity contribution in [2.24, 2.45) is 0 Å². The number of aliphatic hydroxyl groups excluding tert-OH is 1. The molecule has 0 saturated carbocycles. The van der Waals surface area contributed by atoms with E-state index in [0.717, 1.165) is 0 Å². The van der Waals surface area contributed by atoms with Crippen LogP contribution in [0.3, 0.4) is 0 Å². The van der Waals surface area contributed by atoms with Gasteiger partial charge in [0.15, 0.2) is 4.67 Å². The van der Waals surface area contributed by atoms with Crippen LogP contribution in [0.15, 0.2) is 21.2 Å². The normalized spacial score (nSPS) is 15.6. The summed E-state index contributed by atoms with van der Waals surface area (Å²) < 4.78 is 29.7. The highest BCUT2D eigenvalue weighted by molar-refractivity contribution is 9.10. The van der Waals surface area contributed by atoms with E-state index < -0.39 is 12.5 Å². The van der Waals surface area contributed by atoms with Gasteiger partial charge in [-0.25, -0.2) is 8.78 Å². The fourth-order valence-electron chi connectivity index (χ4n) is 1.05. The first kappa shape index (κ1) is 12.6. The summed E-state index contributed by atoms with van der Waals surface area (Å²) in [4.78, 5) is 0. The first-order chi connectivity index (χ1) is 7.00. The van der Waals surface area contributed by atoms with Crippen LogP contribution >= 0.6 is 15.9 Å². The third-order valence-corrected chi connectivity index (χ3v) is 2.37. The van der Waals surface area contributed by atoms with Crippen LogP contribution in [0.1, 0.15) is 18.7 Å². The number of hydrogen-bond donors (Lipinski definition) is 2. The number of halogens is 3. The van der Waals surface area contributed by atoms with E-state index >= 15 is 0 Å². The minimum absolute atomic E-state index is 0.169. The number of alkyl halides is 2. The molecule has 1 rings (SSSR count). The Kier molecular flexibility index (Phi) is 4.69. The molecule has 0 spiro atoms. The summed E-state index contributed by atoms with van der Waals surface area (Å²) in [6.07, 6.45) is -4.38. The third-order valence-electron chi connectivity index (χ3n) is 1.94. The van der Waals surface area contributed by atoms with Crippen molar-refractivity contribution in [2.45, 2.75) is 25.5 Å². The second-order valence-corrected chi connectivity index (χ2v) is 3.96. The molecule has 1 aromatic rings. The van der Waals surface area contributed by atoms with Crippen molar-refractivity contribution >= 4 is 15.9 Å². The van der Waals surface area contributed by atoms with E-state index in [1.165, 1.54) is 0 Å². The molecule has 0 radical (unpaired) electrons. The maximum absolute atomic E-state index is 12.0. The van der Waals surface area contributed by atoms with Crippen molar-refractivity contribution < 1.29 is 18.3 Å². The molecule has 0 aliphatic rings. The van der Waals surface area contributed by atoms with Crippen molar-refractivity contribution in [1.29, 1.82) is 0 Å². The molecule has 0 aromatic carbocycles. The van der Waals surface area contributed by atoms with E-state index in [-0.39, 0.29) is 12.6 Å². The van der Waals surface area contributed by atoms with Crippen LogP contribution in [-0.2, 0) is 0 Å². The summed E-state index contributed by atoms with van der Waals surface area (Å²) >= 11 is 3.14. The van der Waals surface area contributed by atoms with Crippen LogP contribution in [0.4, 0.5) is 8.78 Å². The molecule has 6 heteroatoms. The van der Waals surface area contributed by atoms with Crippen molar-refractivity contribution in [1.82, 2.24) is 5.32 Å². The lowest BCUT2D eigenvalue weighted by Crippen LogP contribution is -2.33. The summed E-state index contributed by atoms with van der Waals surface area (Å²) in [6.45, 7) is 1.60. The average Bonchev–Trinajstić information content (AvgIpc) is 2.60. The molecule has 1 aromatic heterocycles. The Hall–Kier alpha value is -0.460. The van der Waals surface area contributed by atoms with Crippen LogP contribution in [0.25, 0.3) is 0 Å². The van der Waals surface area contributed by atoms with E-state index in [2.05, 4.69) is 21.2 Å². The minimum Gasteiger partial charge on any atom is -0.453 e. The molecule has 15 heavy (non-hydrogen) atoms. The number of furan rings is 1. The van der Waals surface area contributed by atoms with Crippen molar-refractivity contribution in [2.75, 3.05) is 6.54 Å². The molecule has 2 N–H and O–H groups in total. The number of rotatable bonds is 5. The van der Waals surface area contributed by atoms with Gasteiger partial charge in [0, 0.05) is 6.54 Å². The summed E-state index contributed by atoms with van der Waals surface area (Å²) in [7, 11) is 0. The van der Waals surface area contributed by atoms with Gasteiger partial charge in [0.2, 0.25) is 0 Å². The monoisotopic (exact) mass is 283 g/mol. The van der Waals surface area contributed by atoms with Gasteiger partial charge in [0.1, 0.15) is 11.9 Å². The van der Waals surface area contributed by atoms with Gasteiger partial charge in [-0.1, -0.05) is 0 Å². The fraction of sp³-hybridized carbons (Fsp3) is 0.556. The second-order valence-electron chi connectivity index (χ2n) is 3.17. The molecule has 0 saturated heterocycles. The van der Waals surface area contributed by atoms with E-state index in [4.69, 9.17) is 9.52 Å². The molecule has 0 bridgehead atoms. The molecule has 1 heterocycles. The lowest BCUT2D eigenvalue weighted by Gasteiger charge is -2.14. The smallest absolute Gasteiger partial charge is 0.265 e. The van der Waals surface area contributed by atoms with Crippen LogP contribution in [0.5, 0.6) is 0 Å². The van der Waals surface area contributed by atoms with Gasteiger partial charge in [-0.2, -0.15) is 0 Å². The predicted octanol–water partition coefficient (Wildman–Crippen LogP) is 2.32. The Labute approximate surface area is 94.6 Å². The first-order valence-corrected chi connectivity index (χ1v) is 5.25. The summed E-state index contributed by atoms with van der Waals surface area (Å²) in [5.74, 6) is 0.628. The highest BCUT2D eigenvalue weighted by Gasteiger charge is 2.18. The largest absolute Gasteiger partial charge is 0.453 e. The van der Waals surface area contributed by atoms with Crippen LogP contribution in [-0.4, -0.2) is 24.2 Å². The van der Waals surface area contributed by atoms with Crippen molar-refractivity contribution in [3.05, 3.63) is 22.6 Å². The standard InChI is InChI=1S/C9H12BrF2NO2/c1-5(7-2-3-8(10)15-7)13-4-6(14)9(11)12/h2-3,5-6,9,13-14H,4H2,1H3. The molecule has 2 unspecified atom stereocenters. The second kappa shape index (κ2) is 5.58. The highest BCUT2D eigenvalue weighted by Crippen LogP contribution is 2.19. The lowest BCUT2D eigenvalue weighted by atomic mass is 10.2. The third kappa shape index (κ3) is 3.89. The van der Waals surface area contributed by atoms with Crippen LogP contribution in [0, 0.1) is 0 Å². The van der Waals surface area contributed by atoms with Gasteiger partial charge in [0.25, 0.3) is 6.43 Å². The van der Waals surface area contributed by atoms with Gasteiger partial charge in [0.05, 0.1) is 6.04 Å². The van der Waals surface area contributed by atoms with Crippen LogP contribution < -0.4 is 5.32 Å². The van der Waals surface area contributed by atoms with Gasteiger partial charge in [-0.15, -0.1) is 0 Å². The van der Waals surface area contributed by atoms with Gasteiger partial charge in [-0.05, 0) is 35.0 Å². The van der Waals surface area contributed by atoms with Gasteiger partial charge < -0.3 is 14.8 Å². The Morgan fingerprint density at radius 2 is 2.20 bits per heavy atom. The SMILES string of the molecule is CC(NCC(O)C(F)F)c1ccc(Br)o1. The molecule has 3 nitrogen and oxygen atoms in total. The average molecular weight is 284 g/mol. The number of aliphatic hydroxyl groups is 1. The molecule has 0 amide bonds. The predicted molar refractivity (Wildman–Crippen MR) is 54.8 cm³/mol. The van der Waals surface area contributed by atoms with E-state index in [1.807, 2.05) is 0 Å². The maximum Gasteiger partial charge on any atom is 0.265 e. The summed E-state index contributed by atoms with van der Waals surface area (Å²) in [6, 6.07) is 3.23. The van der Waals surface area contributed by atoms with Crippen molar-refractivity contribution in [3.63, 3.8) is 0 Å². The molecule has 86 valence electrons. The zero-order valence-corrected chi connectivity index (χ0v) is 9.67. The Morgan fingerprint density at radius 3 is 2.67 bits per heavy atom. The Bertz CT molecular complexity index is 306. The van der Waals surface area contributed by atoms with E-state index in [9.17, 15) is 8.78 Å². The lowest BCUT2D eigenvalue weighted by molar-refractivity contribution is -0.00468. The van der Waals surface area contributed by atoms with Crippen LogP contribution in [0.2, 0.25) is 0 Å². The number of hydrogen-bond acceptors (Lipinski definition) is 3. The van der Waals surface area contributed by atoms with Gasteiger partial charge in [-0.3, -0.25) is 0 Å². The Morgan fingerprint density at radius 1 is 1.53 bits per heavy atom. The zero-order valence-electron chi connectivity index (χ0n) is 8.08. The molecule has 2 atom stereocenters. The zero-order chi connectivity index (χ0) is 11.4. The maximum atomic E-state index is 12.0. The minimum atomic E-state index is -2.73. The highest BCUT2D eigenvalue weighted by atomic mass is 79.9. The summed E-state index contributed by atoms with van der Waals surface area (Å²) in [5.41, 5.74) is 0. The number of nitrogens with one attached hydrogen (secondary N) is 1. The molecule has 0 aliphatic carbocycles. The molecular weight excluding hydrogens is 272 g/mol. The van der Waals surface area contributed by atoms with E-state index in [1.54, 1.807) is 19.1 Å². The quantitative estimate of drug-likeness (QED) is 0.872. The topological polar surface area (TPSA) is 45.4 Å². The molecule has 0 aliphatic heterocycles. The Balaban J connectivity index is 2.39. The molecular formula is C9H12BrF2NO2. The molecule has 0 fully saturated rings. The van der Waals surface area contributed by atoms with Crippen molar-refractivity contribution in [3.8, 4) is 0 Å².